The van der Waals surface area contributed by atoms with E-state index in [9.17, 15) is 14.7 Å². The molecule has 1 saturated heterocycles. The molecule has 0 spiro atoms. The quantitative estimate of drug-likeness (QED) is 0.713. The predicted octanol–water partition coefficient (Wildman–Crippen LogP) is 2.54. The highest BCUT2D eigenvalue weighted by molar-refractivity contribution is 5.85. The Balaban J connectivity index is 1.83. The molecular weight excluding hydrogens is 370 g/mol. The second-order valence-electron chi connectivity index (χ2n) is 7.54. The fraction of sp³-hybridized carbons (Fsp3) is 0.455. The number of likely N-dealkylation sites (tertiary alicyclic amines) is 1. The van der Waals surface area contributed by atoms with Crippen LogP contribution in [0.2, 0.25) is 0 Å². The van der Waals surface area contributed by atoms with Crippen LogP contribution in [0.4, 0.5) is 0 Å². The zero-order chi connectivity index (χ0) is 21.0. The van der Waals surface area contributed by atoms with Gasteiger partial charge in [0.25, 0.3) is 0 Å². The van der Waals surface area contributed by atoms with Crippen molar-refractivity contribution in [3.63, 3.8) is 0 Å². The van der Waals surface area contributed by atoms with Crippen molar-refractivity contribution in [3.8, 4) is 5.75 Å². The number of methoxy groups -OCH3 is 1. The first-order valence-electron chi connectivity index (χ1n) is 9.91. The van der Waals surface area contributed by atoms with Gasteiger partial charge in [-0.2, -0.15) is 0 Å². The molecule has 0 radical (unpaired) electrons. The van der Waals surface area contributed by atoms with Gasteiger partial charge in [0, 0.05) is 31.5 Å². The fourth-order valence-electron chi connectivity index (χ4n) is 4.39. The minimum Gasteiger partial charge on any atom is -0.497 e. The van der Waals surface area contributed by atoms with Gasteiger partial charge in [-0.3, -0.25) is 14.5 Å². The van der Waals surface area contributed by atoms with Crippen molar-refractivity contribution < 1.29 is 19.4 Å². The number of benzene rings is 1. The lowest BCUT2D eigenvalue weighted by Crippen LogP contribution is -2.48. The number of likely N-dealkylation sites (N-methyl/N-ethyl adjacent to an activating group) is 1. The third-order valence-corrected chi connectivity index (χ3v) is 6.14. The summed E-state index contributed by atoms with van der Waals surface area (Å²) in [5.41, 5.74) is -0.150. The number of hydrogen-bond acceptors (Lipinski definition) is 4. The first-order valence-corrected chi connectivity index (χ1v) is 9.91. The molecule has 1 fully saturated rings. The zero-order valence-corrected chi connectivity index (χ0v) is 17.2. The predicted molar refractivity (Wildman–Crippen MR) is 110 cm³/mol. The number of aliphatic carboxylic acids is 1. The fourth-order valence-corrected chi connectivity index (χ4v) is 4.39. The maximum Gasteiger partial charge on any atom is 0.324 e. The Bertz CT molecular complexity index is 834. The van der Waals surface area contributed by atoms with E-state index in [4.69, 9.17) is 4.74 Å². The summed E-state index contributed by atoms with van der Waals surface area (Å²) in [6.45, 7) is 3.03. The van der Waals surface area contributed by atoms with Crippen molar-refractivity contribution in [2.45, 2.75) is 37.9 Å². The molecule has 1 amide bonds. The SMILES string of the molecule is CC[C@@]1(C(=O)O)C[C@H](C(=O)NCCn2cccc2)[C@H](c2ccc(OC)cc2)N1C. The molecule has 29 heavy (non-hydrogen) atoms. The number of carboxylic acid groups (broad SMARTS) is 1. The second-order valence-corrected chi connectivity index (χ2v) is 7.54. The summed E-state index contributed by atoms with van der Waals surface area (Å²) in [6, 6.07) is 11.1. The van der Waals surface area contributed by atoms with Gasteiger partial charge < -0.3 is 19.7 Å². The third kappa shape index (κ3) is 4.00. The van der Waals surface area contributed by atoms with E-state index in [0.29, 0.717) is 19.5 Å². The van der Waals surface area contributed by atoms with Crippen molar-refractivity contribution in [2.75, 3.05) is 20.7 Å². The molecule has 7 nitrogen and oxygen atoms in total. The lowest BCUT2D eigenvalue weighted by atomic mass is 9.87. The summed E-state index contributed by atoms with van der Waals surface area (Å²) < 4.78 is 7.23. The Hall–Kier alpha value is -2.80. The Labute approximate surface area is 171 Å². The number of hydrogen-bond donors (Lipinski definition) is 2. The molecule has 0 bridgehead atoms. The topological polar surface area (TPSA) is 83.8 Å². The van der Waals surface area contributed by atoms with Crippen molar-refractivity contribution in [1.82, 2.24) is 14.8 Å². The number of ether oxygens (including phenoxy) is 1. The van der Waals surface area contributed by atoms with E-state index in [1.165, 1.54) is 0 Å². The molecule has 7 heteroatoms. The van der Waals surface area contributed by atoms with Gasteiger partial charge in [0.2, 0.25) is 5.91 Å². The monoisotopic (exact) mass is 399 g/mol. The summed E-state index contributed by atoms with van der Waals surface area (Å²) >= 11 is 0. The van der Waals surface area contributed by atoms with Crippen molar-refractivity contribution >= 4 is 11.9 Å². The average molecular weight is 399 g/mol. The summed E-state index contributed by atoms with van der Waals surface area (Å²) in [7, 11) is 3.41. The van der Waals surface area contributed by atoms with Crippen LogP contribution in [0, 0.1) is 5.92 Å². The van der Waals surface area contributed by atoms with Crippen LogP contribution in [-0.4, -0.2) is 52.7 Å². The highest BCUT2D eigenvalue weighted by Crippen LogP contribution is 2.47. The lowest BCUT2D eigenvalue weighted by Gasteiger charge is -2.34. The van der Waals surface area contributed by atoms with Gasteiger partial charge >= 0.3 is 5.97 Å². The number of nitrogens with zero attached hydrogens (tertiary/aromatic N) is 2. The van der Waals surface area contributed by atoms with Crippen LogP contribution in [0.1, 0.15) is 31.4 Å². The van der Waals surface area contributed by atoms with Gasteiger partial charge in [0.1, 0.15) is 11.3 Å². The van der Waals surface area contributed by atoms with Crippen LogP contribution in [0.3, 0.4) is 0 Å². The molecule has 0 unspecified atom stereocenters. The Morgan fingerprint density at radius 2 is 1.90 bits per heavy atom. The summed E-state index contributed by atoms with van der Waals surface area (Å²) in [5, 5.41) is 13.0. The highest BCUT2D eigenvalue weighted by Gasteiger charge is 2.56. The molecule has 3 rings (SSSR count). The van der Waals surface area contributed by atoms with Gasteiger partial charge in [-0.25, -0.2) is 0 Å². The van der Waals surface area contributed by atoms with Crippen LogP contribution in [0.15, 0.2) is 48.8 Å². The first kappa shape index (κ1) is 20.9. The number of amides is 1. The minimum absolute atomic E-state index is 0.110. The van der Waals surface area contributed by atoms with Gasteiger partial charge in [-0.15, -0.1) is 0 Å². The number of carbonyl (C=O) groups excluding carboxylic acids is 1. The van der Waals surface area contributed by atoms with E-state index in [2.05, 4.69) is 5.32 Å². The van der Waals surface area contributed by atoms with Crippen molar-refractivity contribution in [1.29, 1.82) is 0 Å². The van der Waals surface area contributed by atoms with Crippen LogP contribution in [0.5, 0.6) is 5.75 Å². The largest absolute Gasteiger partial charge is 0.497 e. The number of aromatic nitrogens is 1. The maximum absolute atomic E-state index is 13.1. The maximum atomic E-state index is 13.1. The van der Waals surface area contributed by atoms with Crippen molar-refractivity contribution in [3.05, 3.63) is 54.4 Å². The van der Waals surface area contributed by atoms with Gasteiger partial charge in [-0.05, 0) is 49.7 Å². The molecular formula is C22H29N3O4. The smallest absolute Gasteiger partial charge is 0.324 e. The normalized spacial score (nSPS) is 24.4. The molecule has 0 aliphatic carbocycles. The first-order chi connectivity index (χ1) is 13.9. The summed E-state index contributed by atoms with van der Waals surface area (Å²) in [4.78, 5) is 27.1. The lowest BCUT2D eigenvalue weighted by molar-refractivity contribution is -0.150. The second kappa shape index (κ2) is 8.69. The molecule has 2 N–H and O–H groups in total. The molecule has 1 aliphatic heterocycles. The number of carbonyl (C=O) groups is 2. The third-order valence-electron chi connectivity index (χ3n) is 6.14. The Morgan fingerprint density at radius 3 is 2.45 bits per heavy atom. The van der Waals surface area contributed by atoms with E-state index >= 15 is 0 Å². The minimum atomic E-state index is -1.06. The Kier molecular flexibility index (Phi) is 6.27. The van der Waals surface area contributed by atoms with Crippen molar-refractivity contribution in [2.24, 2.45) is 5.92 Å². The molecule has 3 atom stereocenters. The Morgan fingerprint density at radius 1 is 1.24 bits per heavy atom. The van der Waals surface area contributed by atoms with Crippen LogP contribution in [-0.2, 0) is 16.1 Å². The molecule has 0 saturated carbocycles. The molecule has 1 aromatic heterocycles. The number of rotatable bonds is 8. The van der Waals surface area contributed by atoms with Crippen LogP contribution >= 0.6 is 0 Å². The molecule has 2 aromatic rings. The highest BCUT2D eigenvalue weighted by atomic mass is 16.5. The summed E-state index contributed by atoms with van der Waals surface area (Å²) in [5.74, 6) is -0.721. The molecule has 156 valence electrons. The molecule has 2 heterocycles. The van der Waals surface area contributed by atoms with Gasteiger partial charge in [0.15, 0.2) is 0 Å². The van der Waals surface area contributed by atoms with E-state index in [0.717, 1.165) is 11.3 Å². The van der Waals surface area contributed by atoms with E-state index in [1.807, 2.05) is 65.2 Å². The van der Waals surface area contributed by atoms with Gasteiger partial charge in [-0.1, -0.05) is 19.1 Å². The van der Waals surface area contributed by atoms with E-state index < -0.39 is 17.4 Å². The summed E-state index contributed by atoms with van der Waals surface area (Å²) in [6.07, 6.45) is 4.60. The van der Waals surface area contributed by atoms with Crippen LogP contribution in [0.25, 0.3) is 0 Å². The number of nitrogens with one attached hydrogen (secondary N) is 1. The van der Waals surface area contributed by atoms with E-state index in [-0.39, 0.29) is 18.4 Å². The number of carboxylic acids is 1. The molecule has 1 aromatic carbocycles. The van der Waals surface area contributed by atoms with Crippen LogP contribution < -0.4 is 10.1 Å². The molecule has 1 aliphatic rings. The zero-order valence-electron chi connectivity index (χ0n) is 17.2. The average Bonchev–Trinajstić information content (AvgIpc) is 3.34. The van der Waals surface area contributed by atoms with E-state index in [1.54, 1.807) is 14.2 Å². The van der Waals surface area contributed by atoms with Gasteiger partial charge in [0.05, 0.1) is 13.0 Å². The standard InChI is InChI=1S/C22H29N3O4/c1-4-22(21(27)28)15-18(20(26)23-11-14-25-12-5-6-13-25)19(24(22)2)16-7-9-17(29-3)10-8-16/h5-10,12-13,18-19H,4,11,14-15H2,1-3H3,(H,23,26)(H,27,28)/t18-,19-,22-/m0/s1.